The van der Waals surface area contributed by atoms with Crippen molar-refractivity contribution in [3.63, 3.8) is 0 Å². The van der Waals surface area contributed by atoms with Crippen LogP contribution in [-0.4, -0.2) is 57.8 Å². The molecule has 0 spiro atoms. The van der Waals surface area contributed by atoms with E-state index < -0.39 is 22.8 Å². The van der Waals surface area contributed by atoms with Gasteiger partial charge in [0.25, 0.3) is 0 Å². The zero-order chi connectivity index (χ0) is 23.1. The van der Waals surface area contributed by atoms with Crippen molar-refractivity contribution < 1.29 is 19.3 Å². The maximum absolute atomic E-state index is 15.0. The van der Waals surface area contributed by atoms with Crippen LogP contribution in [0.1, 0.15) is 18.6 Å². The molecule has 3 aromatic rings. The number of anilines is 1. The van der Waals surface area contributed by atoms with Crippen molar-refractivity contribution in [3.05, 3.63) is 64.9 Å². The second-order valence-corrected chi connectivity index (χ2v) is 10.1. The highest BCUT2D eigenvalue weighted by Gasteiger charge is 2.28. The van der Waals surface area contributed by atoms with Gasteiger partial charge < -0.3 is 19.8 Å². The van der Waals surface area contributed by atoms with Crippen LogP contribution < -0.4 is 4.90 Å². The predicted octanol–water partition coefficient (Wildman–Crippen LogP) is 4.10. The number of thiol groups is 1. The smallest absolute Gasteiger partial charge is 0.156 e. The van der Waals surface area contributed by atoms with Crippen molar-refractivity contribution >= 4 is 32.5 Å². The summed E-state index contributed by atoms with van der Waals surface area (Å²) < 4.78 is 20.4. The highest BCUT2D eigenvalue weighted by atomic mass is 32.2. The first-order chi connectivity index (χ1) is 15.9. The fourth-order valence-electron chi connectivity index (χ4n) is 4.21. The molecular weight excluding hydrogens is 443 g/mol. The number of aliphatic imine (C=N–C) groups is 1. The summed E-state index contributed by atoms with van der Waals surface area (Å²) in [6.45, 7) is 4.70. The van der Waals surface area contributed by atoms with Gasteiger partial charge in [-0.25, -0.2) is 19.4 Å². The van der Waals surface area contributed by atoms with Gasteiger partial charge in [0.05, 0.1) is 35.2 Å². The minimum Gasteiger partial charge on any atom is -0.502 e. The number of benzene rings is 2. The zero-order valence-electron chi connectivity index (χ0n) is 18.4. The maximum Gasteiger partial charge on any atom is 0.156 e. The lowest BCUT2D eigenvalue weighted by Gasteiger charge is -2.29. The van der Waals surface area contributed by atoms with Crippen molar-refractivity contribution in [2.75, 3.05) is 37.5 Å². The third-order valence-corrected chi connectivity index (χ3v) is 8.06. The van der Waals surface area contributed by atoms with E-state index in [2.05, 4.69) is 19.9 Å². The third-order valence-electron chi connectivity index (χ3n) is 6.07. The number of ether oxygens (including phenoxy) is 1. The minimum absolute atomic E-state index is 0.208. The molecular formula is C24H25FN4O3S. The summed E-state index contributed by atoms with van der Waals surface area (Å²) in [7, 11) is -1.10. The topological polar surface area (TPSA) is 91.1 Å². The number of aliphatic hydroxyl groups is 2. The second-order valence-electron chi connectivity index (χ2n) is 8.10. The number of morpholine rings is 1. The first-order valence-electron chi connectivity index (χ1n) is 10.7. The van der Waals surface area contributed by atoms with Gasteiger partial charge in [-0.15, -0.1) is 0 Å². The molecule has 7 nitrogen and oxygen atoms in total. The molecule has 172 valence electrons. The van der Waals surface area contributed by atoms with Gasteiger partial charge in [0, 0.05) is 29.7 Å². The summed E-state index contributed by atoms with van der Waals surface area (Å²) in [5.74, 6) is -0.438. The molecule has 0 amide bonds. The number of rotatable bonds is 4. The monoisotopic (exact) mass is 468 g/mol. The summed E-state index contributed by atoms with van der Waals surface area (Å²) in [5, 5.41) is 22.5. The van der Waals surface area contributed by atoms with Gasteiger partial charge in [0.1, 0.15) is 18.2 Å². The Balaban J connectivity index is 1.53. The van der Waals surface area contributed by atoms with Crippen LogP contribution in [0.5, 0.6) is 0 Å². The number of halogens is 1. The number of nitrogens with zero attached hydrogens (tertiary/aromatic N) is 4. The SMILES string of the molecule is CC1=C(O)[SH](C)C(C(O)c2ccc(F)c(-c3ncnc4cc(N5CCOCC5)ccc34)c2)=N1. The van der Waals surface area contributed by atoms with Crippen LogP contribution >= 0.6 is 10.9 Å². The lowest BCUT2D eigenvalue weighted by molar-refractivity contribution is 0.122. The molecule has 0 radical (unpaired) electrons. The Morgan fingerprint density at radius 3 is 2.64 bits per heavy atom. The van der Waals surface area contributed by atoms with Crippen LogP contribution in [0.25, 0.3) is 22.2 Å². The molecule has 33 heavy (non-hydrogen) atoms. The molecule has 0 aliphatic carbocycles. The molecule has 1 saturated heterocycles. The minimum atomic E-state index is -1.10. The second kappa shape index (κ2) is 8.74. The third kappa shape index (κ3) is 3.96. The van der Waals surface area contributed by atoms with E-state index >= 15 is 0 Å². The van der Waals surface area contributed by atoms with E-state index in [1.807, 2.05) is 24.5 Å². The van der Waals surface area contributed by atoms with Crippen LogP contribution in [0.2, 0.25) is 0 Å². The highest BCUT2D eigenvalue weighted by molar-refractivity contribution is 8.32. The Hall–Kier alpha value is -3.01. The van der Waals surface area contributed by atoms with Gasteiger partial charge >= 0.3 is 0 Å². The number of aromatic nitrogens is 2. The summed E-state index contributed by atoms with van der Waals surface area (Å²) >= 11 is 0. The number of allylic oxidation sites excluding steroid dienone is 1. The quantitative estimate of drug-likeness (QED) is 0.500. The number of hydrogen-bond acceptors (Lipinski definition) is 7. The van der Waals surface area contributed by atoms with Crippen LogP contribution in [-0.2, 0) is 4.74 Å². The molecule has 3 heterocycles. The van der Waals surface area contributed by atoms with Gasteiger partial charge in [0.2, 0.25) is 0 Å². The highest BCUT2D eigenvalue weighted by Crippen LogP contribution is 2.44. The van der Waals surface area contributed by atoms with Gasteiger partial charge in [-0.2, -0.15) is 10.9 Å². The van der Waals surface area contributed by atoms with E-state index in [1.54, 1.807) is 19.1 Å². The van der Waals surface area contributed by atoms with E-state index in [0.29, 0.717) is 35.2 Å². The van der Waals surface area contributed by atoms with E-state index in [0.717, 1.165) is 29.7 Å². The van der Waals surface area contributed by atoms with Crippen molar-refractivity contribution in [1.29, 1.82) is 0 Å². The van der Waals surface area contributed by atoms with Crippen LogP contribution in [0.4, 0.5) is 10.1 Å². The molecule has 9 heteroatoms. The van der Waals surface area contributed by atoms with Gasteiger partial charge in [0.15, 0.2) is 5.09 Å². The Bertz CT molecular complexity index is 1290. The molecule has 5 rings (SSSR count). The molecule has 2 N–H and O–H groups in total. The fourth-order valence-corrected chi connectivity index (χ4v) is 5.78. The molecule has 2 atom stereocenters. The maximum atomic E-state index is 15.0. The van der Waals surface area contributed by atoms with E-state index in [1.165, 1.54) is 12.4 Å². The summed E-state index contributed by atoms with van der Waals surface area (Å²) in [6.07, 6.45) is 2.24. The van der Waals surface area contributed by atoms with E-state index in [-0.39, 0.29) is 10.7 Å². The van der Waals surface area contributed by atoms with Gasteiger partial charge in [-0.3, -0.25) is 0 Å². The molecule has 1 aromatic heterocycles. The van der Waals surface area contributed by atoms with Crippen LogP contribution in [0.3, 0.4) is 0 Å². The Morgan fingerprint density at radius 2 is 1.91 bits per heavy atom. The van der Waals surface area contributed by atoms with Gasteiger partial charge in [-0.05, 0) is 49.1 Å². The molecule has 1 fully saturated rings. The summed E-state index contributed by atoms with van der Waals surface area (Å²) in [5.41, 5.74) is 3.52. The number of fused-ring (bicyclic) bond motifs is 1. The van der Waals surface area contributed by atoms with Crippen LogP contribution in [0, 0.1) is 5.82 Å². The molecule has 2 aromatic carbocycles. The van der Waals surface area contributed by atoms with Crippen molar-refractivity contribution in [2.24, 2.45) is 4.99 Å². The Labute approximate surface area is 193 Å². The molecule has 2 aliphatic heterocycles. The van der Waals surface area contributed by atoms with E-state index in [4.69, 9.17) is 4.74 Å². The van der Waals surface area contributed by atoms with Crippen LogP contribution in [0.15, 0.2) is 58.5 Å². The fraction of sp³-hybridized carbons (Fsp3) is 0.292. The number of hydrogen-bond donors (Lipinski definition) is 3. The predicted molar refractivity (Wildman–Crippen MR) is 131 cm³/mol. The molecule has 0 saturated carbocycles. The van der Waals surface area contributed by atoms with Crippen molar-refractivity contribution in [2.45, 2.75) is 13.0 Å². The zero-order valence-corrected chi connectivity index (χ0v) is 19.3. The first-order valence-corrected chi connectivity index (χ1v) is 12.5. The lowest BCUT2D eigenvalue weighted by Crippen LogP contribution is -2.36. The lowest BCUT2D eigenvalue weighted by atomic mass is 10.0. The van der Waals surface area contributed by atoms with Crippen molar-refractivity contribution in [1.82, 2.24) is 9.97 Å². The van der Waals surface area contributed by atoms with Crippen molar-refractivity contribution in [3.8, 4) is 11.3 Å². The molecule has 0 bridgehead atoms. The normalized spacial score (nSPS) is 20.9. The Morgan fingerprint density at radius 1 is 1.12 bits per heavy atom. The largest absolute Gasteiger partial charge is 0.502 e. The molecule has 2 aliphatic rings. The number of aliphatic hydroxyl groups excluding tert-OH is 2. The Kier molecular flexibility index (Phi) is 5.77. The average Bonchev–Trinajstić information content (AvgIpc) is 3.11. The standard InChI is InChI=1S/C24H25FN4O3S/c1-14-24(31)33(2)23(28-14)22(30)15-3-6-19(25)18(11-15)21-17-5-4-16(12-20(17)26-13-27-21)29-7-9-32-10-8-29/h3-6,11-13,22,30-31,33H,7-10H2,1-2H3. The van der Waals surface area contributed by atoms with E-state index in [9.17, 15) is 14.6 Å². The summed E-state index contributed by atoms with van der Waals surface area (Å²) in [4.78, 5) is 15.4. The summed E-state index contributed by atoms with van der Waals surface area (Å²) in [6, 6.07) is 10.4. The first kappa shape index (κ1) is 21.8. The average molecular weight is 469 g/mol. The molecule has 2 unspecified atom stereocenters. The van der Waals surface area contributed by atoms with Gasteiger partial charge in [-0.1, -0.05) is 6.07 Å².